The van der Waals surface area contributed by atoms with E-state index in [4.69, 9.17) is 0 Å². The minimum Gasteiger partial charge on any atom is -0.309 e. The number of nitrogens with one attached hydrogen (secondary N) is 1. The maximum atomic E-state index is 3.58. The second-order valence-electron chi connectivity index (χ2n) is 6.58. The lowest BCUT2D eigenvalue weighted by Crippen LogP contribution is -2.53. The minimum absolute atomic E-state index is 0.601. The second-order valence-corrected chi connectivity index (χ2v) is 6.58. The van der Waals surface area contributed by atoms with E-state index in [2.05, 4.69) is 62.2 Å². The molecule has 2 atom stereocenters. The van der Waals surface area contributed by atoms with Gasteiger partial charge in [0.15, 0.2) is 0 Å². The van der Waals surface area contributed by atoms with Gasteiger partial charge in [0.25, 0.3) is 0 Å². The second kappa shape index (κ2) is 6.53. The number of hydrogen-bond donors (Lipinski definition) is 1. The van der Waals surface area contributed by atoms with Crippen molar-refractivity contribution >= 4 is 0 Å². The third-order valence-electron chi connectivity index (χ3n) is 3.71. The molecule has 1 heterocycles. The summed E-state index contributed by atoms with van der Waals surface area (Å²) in [6.45, 7) is 12.5. The van der Waals surface area contributed by atoms with Crippen LogP contribution in [0, 0.1) is 5.92 Å². The van der Waals surface area contributed by atoms with Crippen LogP contribution in [-0.4, -0.2) is 30.1 Å². The molecule has 1 aliphatic rings. The first-order valence-corrected chi connectivity index (χ1v) is 7.59. The fourth-order valence-electron chi connectivity index (χ4n) is 3.08. The van der Waals surface area contributed by atoms with Gasteiger partial charge in [0.05, 0.1) is 0 Å². The van der Waals surface area contributed by atoms with E-state index in [1.54, 1.807) is 0 Å². The van der Waals surface area contributed by atoms with E-state index in [1.807, 2.05) is 0 Å². The molecular formula is C17H28N2. The molecule has 0 aliphatic carbocycles. The average Bonchev–Trinajstić information content (AvgIpc) is 2.29. The zero-order valence-electron chi connectivity index (χ0n) is 12.8. The van der Waals surface area contributed by atoms with Crippen LogP contribution in [0.1, 0.15) is 38.8 Å². The van der Waals surface area contributed by atoms with Gasteiger partial charge in [0.1, 0.15) is 0 Å². The molecule has 0 saturated carbocycles. The third-order valence-corrected chi connectivity index (χ3v) is 3.71. The number of rotatable bonds is 4. The van der Waals surface area contributed by atoms with Crippen molar-refractivity contribution in [2.75, 3.05) is 13.1 Å². The largest absolute Gasteiger partial charge is 0.309 e. The van der Waals surface area contributed by atoms with Gasteiger partial charge < -0.3 is 5.32 Å². The van der Waals surface area contributed by atoms with Crippen molar-refractivity contribution in [3.8, 4) is 0 Å². The molecule has 2 rings (SSSR count). The van der Waals surface area contributed by atoms with Crippen molar-refractivity contribution in [2.24, 2.45) is 5.92 Å². The molecule has 106 valence electrons. The maximum Gasteiger partial charge on any atom is 0.0235 e. The van der Waals surface area contributed by atoms with Crippen molar-refractivity contribution in [1.82, 2.24) is 10.2 Å². The molecule has 0 spiro atoms. The summed E-state index contributed by atoms with van der Waals surface area (Å²) < 4.78 is 0. The van der Waals surface area contributed by atoms with Crippen LogP contribution in [-0.2, 0) is 13.0 Å². The molecule has 1 aromatic carbocycles. The monoisotopic (exact) mass is 260 g/mol. The highest BCUT2D eigenvalue weighted by Crippen LogP contribution is 2.13. The quantitative estimate of drug-likeness (QED) is 0.895. The molecule has 0 radical (unpaired) electrons. The summed E-state index contributed by atoms with van der Waals surface area (Å²) in [5, 5.41) is 3.58. The number of benzene rings is 1. The van der Waals surface area contributed by atoms with E-state index < -0.39 is 0 Å². The normalized spacial score (nSPS) is 24.9. The topological polar surface area (TPSA) is 15.3 Å². The van der Waals surface area contributed by atoms with Gasteiger partial charge in [-0.05, 0) is 37.3 Å². The van der Waals surface area contributed by atoms with Crippen LogP contribution in [0.15, 0.2) is 24.3 Å². The Balaban J connectivity index is 1.92. The van der Waals surface area contributed by atoms with Crippen LogP contribution < -0.4 is 5.32 Å². The lowest BCUT2D eigenvalue weighted by molar-refractivity contribution is 0.166. The predicted molar refractivity (Wildman–Crippen MR) is 82.3 cm³/mol. The van der Waals surface area contributed by atoms with Crippen molar-refractivity contribution in [3.05, 3.63) is 35.4 Å². The zero-order valence-corrected chi connectivity index (χ0v) is 12.8. The van der Waals surface area contributed by atoms with Crippen molar-refractivity contribution in [1.29, 1.82) is 0 Å². The zero-order chi connectivity index (χ0) is 13.8. The van der Waals surface area contributed by atoms with Crippen LogP contribution in [0.25, 0.3) is 0 Å². The van der Waals surface area contributed by atoms with Gasteiger partial charge in [0, 0.05) is 31.7 Å². The highest BCUT2D eigenvalue weighted by atomic mass is 15.2. The molecule has 2 unspecified atom stereocenters. The summed E-state index contributed by atoms with van der Waals surface area (Å²) in [6, 6.07) is 10.4. The Bertz CT molecular complexity index is 373. The summed E-state index contributed by atoms with van der Waals surface area (Å²) in [4.78, 5) is 2.56. The van der Waals surface area contributed by atoms with Crippen molar-refractivity contribution < 1.29 is 0 Å². The smallest absolute Gasteiger partial charge is 0.0235 e. The summed E-state index contributed by atoms with van der Waals surface area (Å²) in [7, 11) is 0. The van der Waals surface area contributed by atoms with Crippen LogP contribution in [0.3, 0.4) is 0 Å². The number of nitrogens with zero attached hydrogens (tertiary/aromatic N) is 1. The molecule has 19 heavy (non-hydrogen) atoms. The molecule has 1 N–H and O–H groups in total. The molecular weight excluding hydrogens is 232 g/mol. The minimum atomic E-state index is 0.601. The van der Waals surface area contributed by atoms with E-state index in [9.17, 15) is 0 Å². The fourth-order valence-corrected chi connectivity index (χ4v) is 3.08. The maximum absolute atomic E-state index is 3.58. The van der Waals surface area contributed by atoms with Gasteiger partial charge in [0.2, 0.25) is 0 Å². The summed E-state index contributed by atoms with van der Waals surface area (Å²) >= 11 is 0. The lowest BCUT2D eigenvalue weighted by atomic mass is 10.0. The molecule has 2 nitrogen and oxygen atoms in total. The first kappa shape index (κ1) is 14.5. The average molecular weight is 260 g/mol. The van der Waals surface area contributed by atoms with Gasteiger partial charge in [-0.15, -0.1) is 0 Å². The number of piperazine rings is 1. The first-order chi connectivity index (χ1) is 9.02. The lowest BCUT2D eigenvalue weighted by Gasteiger charge is -2.36. The third kappa shape index (κ3) is 4.63. The van der Waals surface area contributed by atoms with Crippen molar-refractivity contribution in [3.63, 3.8) is 0 Å². The standard InChI is InChI=1S/C17H28N2/c1-13(2)9-16-5-7-17(8-6-16)12-19-10-14(3)18-15(4)11-19/h5-8,13-15,18H,9-12H2,1-4H3. The fraction of sp³-hybridized carbons (Fsp3) is 0.647. The molecule has 0 amide bonds. The van der Waals surface area contributed by atoms with Crippen LogP contribution in [0.4, 0.5) is 0 Å². The van der Waals surface area contributed by atoms with Crippen molar-refractivity contribution in [2.45, 2.75) is 52.7 Å². The van der Waals surface area contributed by atoms with Gasteiger partial charge >= 0.3 is 0 Å². The van der Waals surface area contributed by atoms with Gasteiger partial charge in [-0.2, -0.15) is 0 Å². The predicted octanol–water partition coefficient (Wildman–Crippen LogP) is 3.07. The molecule has 1 aliphatic heterocycles. The molecule has 1 fully saturated rings. The van der Waals surface area contributed by atoms with Crippen LogP contribution in [0.5, 0.6) is 0 Å². The Labute approximate surface area is 118 Å². The van der Waals surface area contributed by atoms with E-state index in [0.717, 1.165) is 25.6 Å². The van der Waals surface area contributed by atoms with Crippen LogP contribution >= 0.6 is 0 Å². The Morgan fingerprint density at radius 1 is 1.05 bits per heavy atom. The number of hydrogen-bond acceptors (Lipinski definition) is 2. The summed E-state index contributed by atoms with van der Waals surface area (Å²) in [6.07, 6.45) is 1.18. The van der Waals surface area contributed by atoms with Gasteiger partial charge in [-0.3, -0.25) is 4.90 Å². The van der Waals surface area contributed by atoms with Gasteiger partial charge in [-0.25, -0.2) is 0 Å². The Kier molecular flexibility index (Phi) is 5.00. The van der Waals surface area contributed by atoms with Crippen LogP contribution in [0.2, 0.25) is 0 Å². The van der Waals surface area contributed by atoms with E-state index in [0.29, 0.717) is 12.1 Å². The Hall–Kier alpha value is -0.860. The summed E-state index contributed by atoms with van der Waals surface area (Å²) in [5.41, 5.74) is 2.90. The molecule has 2 heteroatoms. The first-order valence-electron chi connectivity index (χ1n) is 7.59. The summed E-state index contributed by atoms with van der Waals surface area (Å²) in [5.74, 6) is 0.737. The highest BCUT2D eigenvalue weighted by Gasteiger charge is 2.20. The Morgan fingerprint density at radius 2 is 1.58 bits per heavy atom. The molecule has 0 bridgehead atoms. The van der Waals surface area contributed by atoms with Gasteiger partial charge in [-0.1, -0.05) is 38.1 Å². The molecule has 1 aromatic rings. The Morgan fingerprint density at radius 3 is 2.11 bits per heavy atom. The van der Waals surface area contributed by atoms with E-state index >= 15 is 0 Å². The SMILES string of the molecule is CC(C)Cc1ccc(CN2CC(C)NC(C)C2)cc1. The molecule has 1 saturated heterocycles. The molecule has 0 aromatic heterocycles. The van der Waals surface area contributed by atoms with E-state index in [1.165, 1.54) is 17.5 Å². The van der Waals surface area contributed by atoms with E-state index in [-0.39, 0.29) is 0 Å². The highest BCUT2D eigenvalue weighted by molar-refractivity contribution is 5.23.